The fourth-order valence-electron chi connectivity index (χ4n) is 1.56. The quantitative estimate of drug-likeness (QED) is 0.883. The standard InChI is InChI=1S/C14H21NO4/c1-9(16)11-7-6-10(8-12(11)18-5)15-13(17)19-14(2,3)4/h6-9,16H,1-5H3,(H,15,17)/t9-/m1/s1. The average Bonchev–Trinajstić information content (AvgIpc) is 2.25. The number of rotatable bonds is 3. The Kier molecular flexibility index (Phi) is 4.78. The van der Waals surface area contributed by atoms with E-state index >= 15 is 0 Å². The lowest BCUT2D eigenvalue weighted by molar-refractivity contribution is 0.0636. The lowest BCUT2D eigenvalue weighted by Crippen LogP contribution is -2.27. The molecule has 0 aliphatic heterocycles. The summed E-state index contributed by atoms with van der Waals surface area (Å²) in [5, 5.41) is 12.2. The summed E-state index contributed by atoms with van der Waals surface area (Å²) in [6, 6.07) is 5.04. The Morgan fingerprint density at radius 1 is 1.37 bits per heavy atom. The fourth-order valence-corrected chi connectivity index (χ4v) is 1.56. The van der Waals surface area contributed by atoms with Gasteiger partial charge in [0.05, 0.1) is 13.2 Å². The lowest BCUT2D eigenvalue weighted by atomic mass is 10.1. The molecule has 0 aliphatic rings. The molecule has 0 unspecified atom stereocenters. The first kappa shape index (κ1) is 15.3. The third kappa shape index (κ3) is 4.79. The van der Waals surface area contributed by atoms with Crippen LogP contribution >= 0.6 is 0 Å². The topological polar surface area (TPSA) is 67.8 Å². The van der Waals surface area contributed by atoms with Gasteiger partial charge in [-0.15, -0.1) is 0 Å². The van der Waals surface area contributed by atoms with E-state index in [1.54, 1.807) is 45.9 Å². The van der Waals surface area contributed by atoms with E-state index in [1.807, 2.05) is 0 Å². The van der Waals surface area contributed by atoms with Gasteiger partial charge in [-0.25, -0.2) is 4.79 Å². The maximum Gasteiger partial charge on any atom is 0.412 e. The molecule has 0 fully saturated rings. The molecule has 0 saturated carbocycles. The number of aliphatic hydroxyl groups excluding tert-OH is 1. The Bertz CT molecular complexity index is 449. The molecule has 1 rings (SSSR count). The SMILES string of the molecule is COc1cc(NC(=O)OC(C)(C)C)ccc1[C@@H](C)O. The van der Waals surface area contributed by atoms with Crippen molar-refractivity contribution in [2.75, 3.05) is 12.4 Å². The summed E-state index contributed by atoms with van der Waals surface area (Å²) in [6.07, 6.45) is -1.16. The van der Waals surface area contributed by atoms with Crippen LogP contribution in [0, 0.1) is 0 Å². The van der Waals surface area contributed by atoms with Crippen molar-refractivity contribution in [1.82, 2.24) is 0 Å². The number of carbonyl (C=O) groups excluding carboxylic acids is 1. The number of methoxy groups -OCH3 is 1. The number of benzene rings is 1. The number of carbonyl (C=O) groups is 1. The molecule has 106 valence electrons. The van der Waals surface area contributed by atoms with Gasteiger partial charge in [0.25, 0.3) is 0 Å². The third-order valence-corrected chi connectivity index (χ3v) is 2.33. The average molecular weight is 267 g/mol. The zero-order chi connectivity index (χ0) is 14.6. The summed E-state index contributed by atoms with van der Waals surface area (Å²) in [4.78, 5) is 11.6. The molecule has 1 atom stereocenters. The Morgan fingerprint density at radius 2 is 2.00 bits per heavy atom. The number of hydrogen-bond donors (Lipinski definition) is 2. The van der Waals surface area contributed by atoms with Crippen LogP contribution in [-0.2, 0) is 4.74 Å². The van der Waals surface area contributed by atoms with Gasteiger partial charge in [0, 0.05) is 17.3 Å². The Morgan fingerprint density at radius 3 is 2.47 bits per heavy atom. The van der Waals surface area contributed by atoms with E-state index in [2.05, 4.69) is 5.32 Å². The Hall–Kier alpha value is -1.75. The molecule has 0 heterocycles. The van der Waals surface area contributed by atoms with Crippen LogP contribution < -0.4 is 10.1 Å². The van der Waals surface area contributed by atoms with Crippen LogP contribution in [0.5, 0.6) is 5.75 Å². The minimum Gasteiger partial charge on any atom is -0.496 e. The molecule has 1 aromatic rings. The molecule has 2 N–H and O–H groups in total. The molecule has 0 spiro atoms. The maximum atomic E-state index is 11.6. The molecule has 19 heavy (non-hydrogen) atoms. The van der Waals surface area contributed by atoms with Crippen LogP contribution in [-0.4, -0.2) is 23.9 Å². The molecule has 0 bridgehead atoms. The van der Waals surface area contributed by atoms with Crippen LogP contribution in [0.4, 0.5) is 10.5 Å². The molecule has 0 radical (unpaired) electrons. The second-order valence-corrected chi connectivity index (χ2v) is 5.26. The Labute approximate surface area is 113 Å². The number of anilines is 1. The molecular weight excluding hydrogens is 246 g/mol. The molecule has 1 aromatic carbocycles. The molecule has 0 aliphatic carbocycles. The van der Waals surface area contributed by atoms with Crippen LogP contribution in [0.25, 0.3) is 0 Å². The summed E-state index contributed by atoms with van der Waals surface area (Å²) in [5.74, 6) is 0.517. The van der Waals surface area contributed by atoms with Gasteiger partial charge in [0.1, 0.15) is 11.4 Å². The van der Waals surface area contributed by atoms with Gasteiger partial charge in [-0.05, 0) is 33.8 Å². The summed E-state index contributed by atoms with van der Waals surface area (Å²) in [6.45, 7) is 7.04. The van der Waals surface area contributed by atoms with Crippen molar-refractivity contribution in [2.24, 2.45) is 0 Å². The van der Waals surface area contributed by atoms with Gasteiger partial charge in [-0.1, -0.05) is 6.07 Å². The monoisotopic (exact) mass is 267 g/mol. The third-order valence-electron chi connectivity index (χ3n) is 2.33. The van der Waals surface area contributed by atoms with Gasteiger partial charge in [-0.2, -0.15) is 0 Å². The molecule has 5 heteroatoms. The van der Waals surface area contributed by atoms with Crippen molar-refractivity contribution in [3.8, 4) is 5.75 Å². The molecular formula is C14H21NO4. The fraction of sp³-hybridized carbons (Fsp3) is 0.500. The van der Waals surface area contributed by atoms with Crippen LogP contribution in [0.1, 0.15) is 39.4 Å². The summed E-state index contributed by atoms with van der Waals surface area (Å²) >= 11 is 0. The normalized spacial score (nSPS) is 12.7. The molecule has 0 saturated heterocycles. The van der Waals surface area contributed by atoms with E-state index in [4.69, 9.17) is 9.47 Å². The first-order valence-corrected chi connectivity index (χ1v) is 6.09. The maximum absolute atomic E-state index is 11.6. The van der Waals surface area contributed by atoms with Crippen molar-refractivity contribution >= 4 is 11.8 Å². The van der Waals surface area contributed by atoms with Gasteiger partial charge in [0.15, 0.2) is 0 Å². The highest BCUT2D eigenvalue weighted by atomic mass is 16.6. The van der Waals surface area contributed by atoms with Crippen LogP contribution in [0.15, 0.2) is 18.2 Å². The highest BCUT2D eigenvalue weighted by Crippen LogP contribution is 2.28. The van der Waals surface area contributed by atoms with Crippen molar-refractivity contribution < 1.29 is 19.4 Å². The van der Waals surface area contributed by atoms with Gasteiger partial charge < -0.3 is 14.6 Å². The highest BCUT2D eigenvalue weighted by Gasteiger charge is 2.17. The minimum absolute atomic E-state index is 0.517. The molecule has 1 amide bonds. The van der Waals surface area contributed by atoms with E-state index in [-0.39, 0.29) is 0 Å². The zero-order valence-electron chi connectivity index (χ0n) is 12.0. The zero-order valence-corrected chi connectivity index (χ0v) is 12.0. The molecule has 5 nitrogen and oxygen atoms in total. The van der Waals surface area contributed by atoms with E-state index in [9.17, 15) is 9.90 Å². The van der Waals surface area contributed by atoms with Crippen molar-refractivity contribution in [3.05, 3.63) is 23.8 Å². The van der Waals surface area contributed by atoms with Crippen molar-refractivity contribution in [3.63, 3.8) is 0 Å². The number of nitrogens with one attached hydrogen (secondary N) is 1. The predicted molar refractivity (Wildman–Crippen MR) is 73.5 cm³/mol. The predicted octanol–water partition coefficient (Wildman–Crippen LogP) is 3.10. The minimum atomic E-state index is -0.634. The number of hydrogen-bond acceptors (Lipinski definition) is 4. The van der Waals surface area contributed by atoms with Crippen molar-refractivity contribution in [2.45, 2.75) is 39.4 Å². The number of ether oxygens (including phenoxy) is 2. The smallest absolute Gasteiger partial charge is 0.412 e. The van der Waals surface area contributed by atoms with E-state index in [0.29, 0.717) is 17.0 Å². The summed E-state index contributed by atoms with van der Waals surface area (Å²) < 4.78 is 10.3. The van der Waals surface area contributed by atoms with Gasteiger partial charge in [-0.3, -0.25) is 5.32 Å². The second kappa shape index (κ2) is 5.93. The summed E-state index contributed by atoms with van der Waals surface area (Å²) in [7, 11) is 1.51. The first-order valence-electron chi connectivity index (χ1n) is 6.09. The number of amides is 1. The first-order chi connectivity index (χ1) is 8.73. The van der Waals surface area contributed by atoms with Gasteiger partial charge >= 0.3 is 6.09 Å². The second-order valence-electron chi connectivity index (χ2n) is 5.26. The van der Waals surface area contributed by atoms with E-state index < -0.39 is 17.8 Å². The lowest BCUT2D eigenvalue weighted by Gasteiger charge is -2.20. The Balaban J connectivity index is 2.83. The largest absolute Gasteiger partial charge is 0.496 e. The van der Waals surface area contributed by atoms with Crippen LogP contribution in [0.2, 0.25) is 0 Å². The summed E-state index contributed by atoms with van der Waals surface area (Å²) in [5.41, 5.74) is 0.668. The van der Waals surface area contributed by atoms with E-state index in [0.717, 1.165) is 0 Å². The molecule has 0 aromatic heterocycles. The van der Waals surface area contributed by atoms with E-state index in [1.165, 1.54) is 7.11 Å². The van der Waals surface area contributed by atoms with Crippen LogP contribution in [0.3, 0.4) is 0 Å². The highest BCUT2D eigenvalue weighted by molar-refractivity contribution is 5.85. The van der Waals surface area contributed by atoms with Crippen molar-refractivity contribution in [1.29, 1.82) is 0 Å². The van der Waals surface area contributed by atoms with Gasteiger partial charge in [0.2, 0.25) is 0 Å². The number of aliphatic hydroxyl groups is 1.